The zero-order valence-corrected chi connectivity index (χ0v) is 66.8. The first-order chi connectivity index (χ1) is 61.5. The van der Waals surface area contributed by atoms with Crippen LogP contribution in [0.2, 0.25) is 0 Å². The highest BCUT2D eigenvalue weighted by atomic mass is 16.3. The minimum absolute atomic E-state index is 0.821. The van der Waals surface area contributed by atoms with Gasteiger partial charge in [0.15, 0.2) is 0 Å². The quantitative estimate of drug-likeness (QED) is 0.106. The molecule has 8 nitrogen and oxygen atoms in total. The number of para-hydroxylation sites is 5. The molecule has 0 saturated heterocycles. The Morgan fingerprint density at radius 2 is 0.435 bits per heavy atom. The predicted molar refractivity (Wildman–Crippen MR) is 520 cm³/mol. The highest BCUT2D eigenvalue weighted by Gasteiger charge is 2.30. The molecule has 0 fully saturated rings. The van der Waals surface area contributed by atoms with Crippen molar-refractivity contribution in [3.63, 3.8) is 0 Å². The number of benzene rings is 22. The van der Waals surface area contributed by atoms with Crippen LogP contribution in [-0.2, 0) is 0 Å². The third-order valence-electron chi connectivity index (χ3n) is 25.7. The van der Waals surface area contributed by atoms with E-state index in [1.807, 2.05) is 18.2 Å². The first-order valence-corrected chi connectivity index (χ1v) is 42.3. The molecule has 0 N–H and O–H groups in total. The lowest BCUT2D eigenvalue weighted by molar-refractivity contribution is 0.668. The molecule has 0 aliphatic carbocycles. The number of rotatable bonds is 13. The Bertz CT molecular complexity index is 8920. The van der Waals surface area contributed by atoms with E-state index in [0.717, 1.165) is 232 Å². The Morgan fingerprint density at radius 3 is 0.871 bits per heavy atom. The van der Waals surface area contributed by atoms with Crippen LogP contribution in [0.25, 0.3) is 185 Å². The van der Waals surface area contributed by atoms with E-state index in [1.54, 1.807) is 0 Å². The Kier molecular flexibility index (Phi) is 15.3. The van der Waals surface area contributed by atoms with Crippen LogP contribution in [0.4, 0.5) is 68.2 Å². The van der Waals surface area contributed by atoms with Gasteiger partial charge in [0.2, 0.25) is 0 Å². The normalized spacial score (nSPS) is 12.0. The fourth-order valence-electron chi connectivity index (χ4n) is 20.2. The molecule has 0 unspecified atom stereocenters. The van der Waals surface area contributed by atoms with Crippen molar-refractivity contribution in [2.75, 3.05) is 19.6 Å². The van der Waals surface area contributed by atoms with Crippen molar-refractivity contribution in [1.29, 1.82) is 0 Å². The standard InChI is InChI=1S/C116H70N4O4/c1-4-31-74(32-5-1)117(78-59-61-110-96(65-78)89-45-24-26-53-108(89)121-110)104-67-98-99-68-105(86-42-16-21-49-93(86)114(99)123-113(98)92-48-20-15-41-85(92)104)118(79-60-62-111-97(66-79)90-46-25-27-54-109(90)122-111)77-57-55-71(56-58-77)81-52-28-30-73-64-103(84-40-14-19-47-91(84)112(73)81)120(76-35-8-3-9-36-76)107-70-101-100-69-106(87-43-17-22-50-94(87)115(100)124-116(101)95-51-23-18-44-88(95)107)119(75-33-6-2-7-34-75)102-63-72-29-10-11-37-80(72)82-38-12-13-39-83(82)102/h1-70H. The molecular formula is C116H70N4O4. The van der Waals surface area contributed by atoms with E-state index < -0.39 is 0 Å². The largest absolute Gasteiger partial charge is 0.456 e. The SMILES string of the molecule is c1ccc(N(c2ccc3oc4ccccc4c3c2)c2cc3c4cc(N(c5ccc(-c6cccc7cc(N(c8ccccc8)c8cc9c%10cc(N(c%11ccccc%11)c%11cc%12ccccc%12c%12ccccc%11%12)c%11ccccc%11c%10oc9c9ccccc89)c8ccccc8c67)cc5)c5ccc6oc7ccccc7c6c5)c5ccccc5c4oc3c3ccccc23)cc1. The molecule has 4 heterocycles. The van der Waals surface area contributed by atoms with Crippen molar-refractivity contribution in [2.45, 2.75) is 0 Å². The lowest BCUT2D eigenvalue weighted by atomic mass is 9.92. The van der Waals surface area contributed by atoms with Crippen molar-refractivity contribution < 1.29 is 17.7 Å². The summed E-state index contributed by atoms with van der Waals surface area (Å²) in [6.45, 7) is 0. The van der Waals surface area contributed by atoms with Gasteiger partial charge in [-0.15, -0.1) is 0 Å². The van der Waals surface area contributed by atoms with Crippen molar-refractivity contribution in [2.24, 2.45) is 0 Å². The Labute approximate surface area is 710 Å². The first kappa shape index (κ1) is 69.3. The molecule has 0 bridgehead atoms. The zero-order chi connectivity index (χ0) is 81.2. The van der Waals surface area contributed by atoms with Gasteiger partial charge in [0.25, 0.3) is 0 Å². The van der Waals surface area contributed by atoms with Crippen LogP contribution in [0.5, 0.6) is 0 Å². The van der Waals surface area contributed by atoms with E-state index in [4.69, 9.17) is 17.7 Å². The lowest BCUT2D eigenvalue weighted by Crippen LogP contribution is -2.11. The van der Waals surface area contributed by atoms with Crippen LogP contribution >= 0.6 is 0 Å². The molecule has 578 valence electrons. The van der Waals surface area contributed by atoms with Crippen LogP contribution in [-0.4, -0.2) is 0 Å². The van der Waals surface area contributed by atoms with Gasteiger partial charge in [-0.25, -0.2) is 0 Å². The molecule has 26 aromatic rings. The summed E-state index contributed by atoms with van der Waals surface area (Å²) in [5, 5.41) is 25.9. The van der Waals surface area contributed by atoms with Gasteiger partial charge in [0.05, 0.1) is 34.1 Å². The topological polar surface area (TPSA) is 65.5 Å². The third kappa shape index (κ3) is 10.6. The number of nitrogens with zero attached hydrogens (tertiary/aromatic N) is 4. The summed E-state index contributed by atoms with van der Waals surface area (Å²) >= 11 is 0. The van der Waals surface area contributed by atoms with Gasteiger partial charge in [0.1, 0.15) is 44.7 Å². The van der Waals surface area contributed by atoms with Crippen molar-refractivity contribution in [3.8, 4) is 11.1 Å². The molecule has 0 aliphatic rings. The van der Waals surface area contributed by atoms with Gasteiger partial charge in [-0.1, -0.05) is 291 Å². The second-order valence-electron chi connectivity index (χ2n) is 32.4. The average molecular weight is 1580 g/mol. The summed E-state index contributed by atoms with van der Waals surface area (Å²) in [7, 11) is 0. The molecule has 4 aromatic heterocycles. The number of hydrogen-bond acceptors (Lipinski definition) is 8. The lowest BCUT2D eigenvalue weighted by Gasteiger charge is -2.29. The van der Waals surface area contributed by atoms with E-state index >= 15 is 0 Å². The van der Waals surface area contributed by atoms with Crippen LogP contribution in [0, 0.1) is 0 Å². The minimum Gasteiger partial charge on any atom is -0.456 e. The maximum absolute atomic E-state index is 7.43. The molecule has 0 amide bonds. The highest BCUT2D eigenvalue weighted by molar-refractivity contribution is 6.30. The van der Waals surface area contributed by atoms with Gasteiger partial charge in [-0.2, -0.15) is 0 Å². The first-order valence-electron chi connectivity index (χ1n) is 42.3. The van der Waals surface area contributed by atoms with Gasteiger partial charge >= 0.3 is 0 Å². The second-order valence-corrected chi connectivity index (χ2v) is 32.4. The molecule has 0 atom stereocenters. The summed E-state index contributed by atoms with van der Waals surface area (Å²) in [4.78, 5) is 9.76. The number of anilines is 12. The second kappa shape index (κ2) is 27.4. The summed E-state index contributed by atoms with van der Waals surface area (Å²) < 4.78 is 27.8. The Morgan fingerprint density at radius 1 is 0.145 bits per heavy atom. The highest BCUT2D eigenvalue weighted by Crippen LogP contribution is 2.55. The zero-order valence-electron chi connectivity index (χ0n) is 66.8. The summed E-state index contributed by atoms with van der Waals surface area (Å²) in [5.74, 6) is 0. The molecule has 22 aromatic carbocycles. The molecule has 8 heteroatoms. The molecule has 0 spiro atoms. The predicted octanol–water partition coefficient (Wildman–Crippen LogP) is 34.1. The molecule has 124 heavy (non-hydrogen) atoms. The van der Waals surface area contributed by atoms with Crippen molar-refractivity contribution >= 4 is 242 Å². The Balaban J connectivity index is 0.648. The van der Waals surface area contributed by atoms with Crippen LogP contribution < -0.4 is 19.6 Å². The molecule has 0 aliphatic heterocycles. The molecule has 0 saturated carbocycles. The molecular weight excluding hydrogens is 1510 g/mol. The van der Waals surface area contributed by atoms with Crippen molar-refractivity contribution in [1.82, 2.24) is 0 Å². The van der Waals surface area contributed by atoms with Gasteiger partial charge in [-0.05, 0) is 177 Å². The fourth-order valence-corrected chi connectivity index (χ4v) is 20.2. The Hall–Kier alpha value is -16.7. The van der Waals surface area contributed by atoms with Gasteiger partial charge in [-0.3, -0.25) is 0 Å². The van der Waals surface area contributed by atoms with Crippen LogP contribution in [0.1, 0.15) is 0 Å². The van der Waals surface area contributed by atoms with E-state index in [-0.39, 0.29) is 0 Å². The van der Waals surface area contributed by atoms with E-state index in [9.17, 15) is 0 Å². The summed E-state index contributed by atoms with van der Waals surface area (Å²) in [6, 6.07) is 154. The maximum Gasteiger partial charge on any atom is 0.143 e. The van der Waals surface area contributed by atoms with E-state index in [2.05, 4.69) is 426 Å². The summed E-state index contributed by atoms with van der Waals surface area (Å²) in [6.07, 6.45) is 0. The summed E-state index contributed by atoms with van der Waals surface area (Å²) in [5.41, 5.74) is 21.2. The smallest absolute Gasteiger partial charge is 0.143 e. The third-order valence-corrected chi connectivity index (χ3v) is 25.7. The van der Waals surface area contributed by atoms with Crippen LogP contribution in [0.15, 0.2) is 442 Å². The van der Waals surface area contributed by atoms with Crippen molar-refractivity contribution in [3.05, 3.63) is 425 Å². The number of hydrogen-bond donors (Lipinski definition) is 0. The van der Waals surface area contributed by atoms with E-state index in [0.29, 0.717) is 0 Å². The minimum atomic E-state index is 0.821. The maximum atomic E-state index is 7.43. The average Bonchev–Trinajstić information content (AvgIpc) is 1.32. The van der Waals surface area contributed by atoms with Gasteiger partial charge in [0, 0.05) is 131 Å². The molecule has 26 rings (SSSR count). The monoisotopic (exact) mass is 1580 g/mol. The fraction of sp³-hybridized carbons (Fsp3) is 0. The molecule has 0 radical (unpaired) electrons. The van der Waals surface area contributed by atoms with Crippen LogP contribution in [0.3, 0.4) is 0 Å². The van der Waals surface area contributed by atoms with Gasteiger partial charge < -0.3 is 37.3 Å². The number of fused-ring (bicyclic) bond motifs is 26. The van der Waals surface area contributed by atoms with E-state index in [1.165, 1.54) is 21.5 Å². The number of furan rings is 4.